The van der Waals surface area contributed by atoms with Crippen molar-refractivity contribution in [2.24, 2.45) is 0 Å². The van der Waals surface area contributed by atoms with Crippen LogP contribution in [0.25, 0.3) is 0 Å². The highest BCUT2D eigenvalue weighted by molar-refractivity contribution is 6.19. The first-order valence-electron chi connectivity index (χ1n) is 3.81. The third-order valence-electron chi connectivity index (χ3n) is 2.40. The number of rotatable bonds is 4. The molecular weight excluding hydrogens is 179 g/mol. The van der Waals surface area contributed by atoms with E-state index >= 15 is 0 Å². The molecule has 1 aliphatic rings. The van der Waals surface area contributed by atoms with Gasteiger partial charge < -0.3 is 29.7 Å². The van der Waals surface area contributed by atoms with Gasteiger partial charge in [0.25, 0.3) is 0 Å². The normalized spacial score (nSPS) is 24.3. The van der Waals surface area contributed by atoms with Crippen LogP contribution in [0.2, 0.25) is 0 Å². The quantitative estimate of drug-likeness (QED) is 0.354. The van der Waals surface area contributed by atoms with Crippen molar-refractivity contribution < 1.29 is 29.7 Å². The Morgan fingerprint density at radius 3 is 1.31 bits per heavy atom. The maximum absolute atomic E-state index is 9.01. The van der Waals surface area contributed by atoms with Crippen LogP contribution in [0, 0.1) is 0 Å². The number of hydrogen-bond acceptors (Lipinski definition) is 6. The fourth-order valence-electron chi connectivity index (χ4n) is 1.25. The summed E-state index contributed by atoms with van der Waals surface area (Å²) in [4.78, 5) is 0. The first kappa shape index (κ1) is 10.9. The largest absolute Gasteiger partial charge is 0.489 e. The summed E-state index contributed by atoms with van der Waals surface area (Å²) in [6.07, 6.45) is 0. The lowest BCUT2D eigenvalue weighted by molar-refractivity contribution is -0.147. The highest BCUT2D eigenvalue weighted by Gasteiger charge is 2.57. The van der Waals surface area contributed by atoms with Crippen LogP contribution < -0.4 is 0 Å². The summed E-state index contributed by atoms with van der Waals surface area (Å²) in [5, 5.41) is 36.0. The van der Waals surface area contributed by atoms with Crippen LogP contribution in [0.1, 0.15) is 0 Å². The summed E-state index contributed by atoms with van der Waals surface area (Å²) in [6, 6.07) is 0. The van der Waals surface area contributed by atoms with E-state index in [0.29, 0.717) is 0 Å². The van der Waals surface area contributed by atoms with Gasteiger partial charge in [0.15, 0.2) is 0 Å². The van der Waals surface area contributed by atoms with Crippen LogP contribution in [0.3, 0.4) is 0 Å². The zero-order valence-corrected chi connectivity index (χ0v) is 7.01. The molecule has 6 nitrogen and oxygen atoms in total. The predicted octanol–water partition coefficient (Wildman–Crippen LogP) is -2.99. The van der Waals surface area contributed by atoms with Crippen molar-refractivity contribution in [2.45, 2.75) is 11.2 Å². The zero-order chi connectivity index (χ0) is 9.95. The molecule has 1 heterocycles. The predicted molar refractivity (Wildman–Crippen MR) is 41.7 cm³/mol. The van der Waals surface area contributed by atoms with E-state index in [2.05, 4.69) is 0 Å². The van der Waals surface area contributed by atoms with Crippen molar-refractivity contribution in [3.63, 3.8) is 0 Å². The molecule has 4 N–H and O–H groups in total. The second-order valence-corrected chi connectivity index (χ2v) is 2.95. The third-order valence-corrected chi connectivity index (χ3v) is 2.40. The average Bonchev–Trinajstić information content (AvgIpc) is 2.57. The summed E-state index contributed by atoms with van der Waals surface area (Å²) in [7, 11) is 0.902. The molecular formula is C6H12BO6. The summed E-state index contributed by atoms with van der Waals surface area (Å²) in [5.41, 5.74) is -2.95. The van der Waals surface area contributed by atoms with Crippen molar-refractivity contribution in [3.05, 3.63) is 0 Å². The van der Waals surface area contributed by atoms with Crippen LogP contribution in [0.15, 0.2) is 0 Å². The van der Waals surface area contributed by atoms with E-state index in [0.717, 1.165) is 7.69 Å². The molecule has 0 saturated carbocycles. The van der Waals surface area contributed by atoms with E-state index in [4.69, 9.17) is 29.7 Å². The number of aliphatic hydroxyl groups is 4. The maximum Gasteiger partial charge on any atom is 0.489 e. The second-order valence-electron chi connectivity index (χ2n) is 2.95. The maximum atomic E-state index is 9.01. The molecule has 0 aliphatic carbocycles. The summed E-state index contributed by atoms with van der Waals surface area (Å²) in [5.74, 6) is 0. The van der Waals surface area contributed by atoms with Gasteiger partial charge >= 0.3 is 7.69 Å². The van der Waals surface area contributed by atoms with Crippen LogP contribution in [-0.2, 0) is 9.31 Å². The Morgan fingerprint density at radius 1 is 0.769 bits per heavy atom. The highest BCUT2D eigenvalue weighted by atomic mass is 16.7. The molecule has 13 heavy (non-hydrogen) atoms. The van der Waals surface area contributed by atoms with Crippen LogP contribution in [0.5, 0.6) is 0 Å². The molecule has 0 aromatic heterocycles. The van der Waals surface area contributed by atoms with Gasteiger partial charge in [0.05, 0.1) is 26.4 Å². The molecule has 0 atom stereocenters. The van der Waals surface area contributed by atoms with Gasteiger partial charge in [-0.25, -0.2) is 0 Å². The topological polar surface area (TPSA) is 99.4 Å². The Bertz CT molecular complexity index is 149. The van der Waals surface area contributed by atoms with E-state index in [1.165, 1.54) is 0 Å². The molecule has 75 valence electrons. The molecule has 0 aromatic rings. The fraction of sp³-hybridized carbons (Fsp3) is 1.00. The molecule has 0 unspecified atom stereocenters. The van der Waals surface area contributed by atoms with Gasteiger partial charge in [-0.2, -0.15) is 0 Å². The Kier molecular flexibility index (Phi) is 3.28. The average molecular weight is 191 g/mol. The number of aliphatic hydroxyl groups excluding tert-OH is 4. The Labute approximate surface area is 76.0 Å². The molecule has 7 heteroatoms. The summed E-state index contributed by atoms with van der Waals surface area (Å²) in [6.45, 7) is -2.22. The first-order valence-corrected chi connectivity index (χ1v) is 3.81. The van der Waals surface area contributed by atoms with Crippen LogP contribution in [0.4, 0.5) is 0 Å². The van der Waals surface area contributed by atoms with E-state index in [1.807, 2.05) is 0 Å². The minimum atomic E-state index is -1.48. The minimum absolute atomic E-state index is 0.554. The lowest BCUT2D eigenvalue weighted by atomic mass is 9.85. The zero-order valence-electron chi connectivity index (χ0n) is 7.01. The molecule has 1 saturated heterocycles. The summed E-state index contributed by atoms with van der Waals surface area (Å²) >= 11 is 0. The van der Waals surface area contributed by atoms with E-state index < -0.39 is 37.6 Å². The first-order chi connectivity index (χ1) is 6.20. The van der Waals surface area contributed by atoms with E-state index in [9.17, 15) is 0 Å². The molecule has 1 aliphatic heterocycles. The fourth-order valence-corrected chi connectivity index (χ4v) is 1.25. The van der Waals surface area contributed by atoms with Gasteiger partial charge in [-0.1, -0.05) is 0 Å². The van der Waals surface area contributed by atoms with Gasteiger partial charge in [0, 0.05) is 0 Å². The molecule has 1 rings (SSSR count). The number of hydrogen-bond donors (Lipinski definition) is 4. The van der Waals surface area contributed by atoms with Crippen LogP contribution in [-0.4, -0.2) is 65.7 Å². The van der Waals surface area contributed by atoms with Crippen LogP contribution >= 0.6 is 0 Å². The van der Waals surface area contributed by atoms with Gasteiger partial charge in [-0.15, -0.1) is 0 Å². The molecule has 0 spiro atoms. The Hall–Kier alpha value is -0.175. The second kappa shape index (κ2) is 3.91. The standard InChI is InChI=1S/C6H12BO6/c8-1-5(2-9)6(3-10,4-11)13-7-12-5/h8-11H,1-4H2. The van der Waals surface area contributed by atoms with Gasteiger partial charge in [-0.05, 0) is 0 Å². The Balaban J connectivity index is 2.92. The lowest BCUT2D eigenvalue weighted by Gasteiger charge is -2.39. The van der Waals surface area contributed by atoms with Crippen molar-refractivity contribution in [1.29, 1.82) is 0 Å². The highest BCUT2D eigenvalue weighted by Crippen LogP contribution is 2.33. The molecule has 0 bridgehead atoms. The Morgan fingerprint density at radius 2 is 1.08 bits per heavy atom. The van der Waals surface area contributed by atoms with E-state index in [-0.39, 0.29) is 0 Å². The van der Waals surface area contributed by atoms with Gasteiger partial charge in [0.1, 0.15) is 11.2 Å². The van der Waals surface area contributed by atoms with E-state index in [1.54, 1.807) is 0 Å². The molecule has 1 radical (unpaired) electrons. The molecule has 1 fully saturated rings. The monoisotopic (exact) mass is 191 g/mol. The van der Waals surface area contributed by atoms with Gasteiger partial charge in [0.2, 0.25) is 0 Å². The smallest absolute Gasteiger partial charge is 0.400 e. The third kappa shape index (κ3) is 1.37. The minimum Gasteiger partial charge on any atom is -0.400 e. The van der Waals surface area contributed by atoms with Crippen molar-refractivity contribution in [3.8, 4) is 0 Å². The SMILES string of the molecule is OCC1(CO)O[B]OC1(CO)CO. The van der Waals surface area contributed by atoms with Crippen molar-refractivity contribution >= 4 is 7.69 Å². The van der Waals surface area contributed by atoms with Gasteiger partial charge in [-0.3, -0.25) is 0 Å². The summed E-state index contributed by atoms with van der Waals surface area (Å²) < 4.78 is 9.74. The molecule has 0 aromatic carbocycles. The lowest BCUT2D eigenvalue weighted by Crippen LogP contribution is -2.61. The van der Waals surface area contributed by atoms with Crippen molar-refractivity contribution in [2.75, 3.05) is 26.4 Å². The van der Waals surface area contributed by atoms with Crippen molar-refractivity contribution in [1.82, 2.24) is 0 Å². The molecule has 0 amide bonds.